The lowest BCUT2D eigenvalue weighted by Gasteiger charge is -2.09. The molecule has 0 saturated heterocycles. The van der Waals surface area contributed by atoms with Crippen LogP contribution in [0.3, 0.4) is 0 Å². The fourth-order valence-electron chi connectivity index (χ4n) is 2.43. The molecule has 29 heavy (non-hydrogen) atoms. The summed E-state index contributed by atoms with van der Waals surface area (Å²) in [5.74, 6) is -0.0292. The van der Waals surface area contributed by atoms with Gasteiger partial charge in [-0.3, -0.25) is 4.79 Å². The number of hydrogen-bond acceptors (Lipinski definition) is 3. The van der Waals surface area contributed by atoms with Gasteiger partial charge in [0.25, 0.3) is 5.91 Å². The monoisotopic (exact) mass is 440 g/mol. The summed E-state index contributed by atoms with van der Waals surface area (Å²) in [5, 5.41) is 3.85. The molecule has 1 aromatic heterocycles. The number of amides is 1. The van der Waals surface area contributed by atoms with Crippen LogP contribution in [0.5, 0.6) is 0 Å². The van der Waals surface area contributed by atoms with E-state index in [1.54, 1.807) is 12.1 Å². The molecule has 3 rings (SSSR count). The Hall–Kier alpha value is -2.77. The van der Waals surface area contributed by atoms with Crippen molar-refractivity contribution in [3.05, 3.63) is 81.0 Å². The summed E-state index contributed by atoms with van der Waals surface area (Å²) in [6, 6.07) is 11.3. The van der Waals surface area contributed by atoms with E-state index in [0.29, 0.717) is 10.6 Å². The van der Waals surface area contributed by atoms with Crippen molar-refractivity contribution in [2.75, 3.05) is 0 Å². The summed E-state index contributed by atoms with van der Waals surface area (Å²) >= 11 is 11.6. The van der Waals surface area contributed by atoms with Gasteiger partial charge in [-0.25, -0.2) is 5.43 Å². The molecule has 0 aliphatic rings. The summed E-state index contributed by atoms with van der Waals surface area (Å²) < 4.78 is 44.4. The van der Waals surface area contributed by atoms with Gasteiger partial charge in [0.05, 0.1) is 16.8 Å². The highest BCUT2D eigenvalue weighted by Gasteiger charge is 2.33. The van der Waals surface area contributed by atoms with Crippen LogP contribution in [0.15, 0.2) is 58.0 Å². The average Bonchev–Trinajstić information content (AvgIpc) is 3.12. The lowest BCUT2D eigenvalue weighted by Crippen LogP contribution is -2.17. The Morgan fingerprint density at radius 3 is 2.52 bits per heavy atom. The van der Waals surface area contributed by atoms with E-state index in [1.165, 1.54) is 30.5 Å². The molecule has 1 N–H and O–H groups in total. The Morgan fingerprint density at radius 1 is 1.07 bits per heavy atom. The Morgan fingerprint density at radius 2 is 1.83 bits per heavy atom. The third-order valence-corrected chi connectivity index (χ3v) is 4.71. The summed E-state index contributed by atoms with van der Waals surface area (Å²) in [6.45, 7) is 1.81. The minimum Gasteiger partial charge on any atom is -0.455 e. The second kappa shape index (κ2) is 8.31. The van der Waals surface area contributed by atoms with Crippen molar-refractivity contribution in [1.82, 2.24) is 5.43 Å². The predicted octanol–water partition coefficient (Wildman–Crippen LogP) is 6.34. The number of hydrazone groups is 1. The lowest BCUT2D eigenvalue weighted by atomic mass is 10.1. The fourth-order valence-corrected chi connectivity index (χ4v) is 2.83. The molecule has 9 heteroatoms. The van der Waals surface area contributed by atoms with Crippen LogP contribution in [-0.2, 0) is 6.18 Å². The third kappa shape index (κ3) is 4.99. The number of carbonyl (C=O) groups is 1. The molecule has 0 atom stereocenters. The number of halogens is 5. The van der Waals surface area contributed by atoms with E-state index in [0.717, 1.165) is 17.7 Å². The van der Waals surface area contributed by atoms with E-state index < -0.39 is 22.7 Å². The van der Waals surface area contributed by atoms with Crippen LogP contribution in [0.1, 0.15) is 27.2 Å². The normalized spacial score (nSPS) is 11.8. The first-order valence-electron chi connectivity index (χ1n) is 8.21. The topological polar surface area (TPSA) is 54.6 Å². The molecular formula is C20H13Cl2F3N2O2. The van der Waals surface area contributed by atoms with Gasteiger partial charge in [-0.05, 0) is 55.0 Å². The Balaban J connectivity index is 1.72. The van der Waals surface area contributed by atoms with Crippen molar-refractivity contribution >= 4 is 35.3 Å². The molecule has 3 aromatic rings. The number of furan rings is 1. The molecule has 0 fully saturated rings. The Bertz CT molecular complexity index is 1090. The average molecular weight is 441 g/mol. The number of alkyl halides is 3. The number of nitrogens with zero attached hydrogens (tertiary/aromatic N) is 1. The maximum absolute atomic E-state index is 13.0. The Kier molecular flexibility index (Phi) is 6.00. The van der Waals surface area contributed by atoms with Crippen LogP contribution in [0.25, 0.3) is 11.3 Å². The molecular weight excluding hydrogens is 428 g/mol. The molecule has 0 aliphatic heterocycles. The molecule has 0 bridgehead atoms. The lowest BCUT2D eigenvalue weighted by molar-refractivity contribution is -0.137. The van der Waals surface area contributed by atoms with Crippen molar-refractivity contribution in [2.24, 2.45) is 5.10 Å². The minimum absolute atomic E-state index is 0.199. The van der Waals surface area contributed by atoms with Gasteiger partial charge in [0.15, 0.2) is 0 Å². The van der Waals surface area contributed by atoms with Gasteiger partial charge in [-0.1, -0.05) is 29.3 Å². The minimum atomic E-state index is -4.58. The van der Waals surface area contributed by atoms with Crippen molar-refractivity contribution < 1.29 is 22.4 Å². The number of benzene rings is 2. The molecule has 1 amide bonds. The number of aryl methyl sites for hydroxylation is 1. The highest BCUT2D eigenvalue weighted by atomic mass is 35.5. The summed E-state index contributed by atoms with van der Waals surface area (Å²) in [4.78, 5) is 12.1. The van der Waals surface area contributed by atoms with Crippen LogP contribution in [0.4, 0.5) is 13.2 Å². The van der Waals surface area contributed by atoms with Gasteiger partial charge in [-0.2, -0.15) is 18.3 Å². The smallest absolute Gasteiger partial charge is 0.417 e. The van der Waals surface area contributed by atoms with Crippen molar-refractivity contribution in [3.63, 3.8) is 0 Å². The van der Waals surface area contributed by atoms with Crippen molar-refractivity contribution in [1.29, 1.82) is 0 Å². The van der Waals surface area contributed by atoms with Crippen LogP contribution in [0.2, 0.25) is 10.0 Å². The molecule has 2 aromatic carbocycles. The standard InChI is InChI=1S/C20H13Cl2F3N2O2/c1-11-2-3-13(9-17(11)22)19(28)27-26-10-14-5-7-18(29-14)12-4-6-16(21)15(8-12)20(23,24)25/h2-10H,1H3,(H,27,28)/b26-10-. The molecule has 150 valence electrons. The summed E-state index contributed by atoms with van der Waals surface area (Å²) in [7, 11) is 0. The zero-order valence-electron chi connectivity index (χ0n) is 14.8. The molecule has 0 unspecified atom stereocenters. The zero-order chi connectivity index (χ0) is 21.2. The molecule has 0 radical (unpaired) electrons. The first-order chi connectivity index (χ1) is 13.6. The van der Waals surface area contributed by atoms with Gasteiger partial charge in [0, 0.05) is 16.1 Å². The molecule has 0 saturated carbocycles. The summed E-state index contributed by atoms with van der Waals surface area (Å²) in [6.07, 6.45) is -3.34. The zero-order valence-corrected chi connectivity index (χ0v) is 16.4. The highest BCUT2D eigenvalue weighted by molar-refractivity contribution is 6.32. The van der Waals surface area contributed by atoms with E-state index in [9.17, 15) is 18.0 Å². The maximum atomic E-state index is 13.0. The van der Waals surface area contributed by atoms with Crippen LogP contribution in [-0.4, -0.2) is 12.1 Å². The van der Waals surface area contributed by atoms with E-state index in [4.69, 9.17) is 27.6 Å². The van der Waals surface area contributed by atoms with E-state index in [2.05, 4.69) is 10.5 Å². The van der Waals surface area contributed by atoms with Gasteiger partial charge >= 0.3 is 6.18 Å². The largest absolute Gasteiger partial charge is 0.455 e. The van der Waals surface area contributed by atoms with E-state index >= 15 is 0 Å². The predicted molar refractivity (Wildman–Crippen MR) is 105 cm³/mol. The van der Waals surface area contributed by atoms with Crippen molar-refractivity contribution in [3.8, 4) is 11.3 Å². The van der Waals surface area contributed by atoms with Crippen LogP contribution in [0, 0.1) is 6.92 Å². The quantitative estimate of drug-likeness (QED) is 0.379. The number of hydrogen-bond donors (Lipinski definition) is 1. The highest BCUT2D eigenvalue weighted by Crippen LogP contribution is 2.37. The first-order valence-corrected chi connectivity index (χ1v) is 8.97. The van der Waals surface area contributed by atoms with E-state index in [1.807, 2.05) is 6.92 Å². The second-order valence-corrected chi connectivity index (χ2v) is 6.87. The van der Waals surface area contributed by atoms with E-state index in [-0.39, 0.29) is 17.1 Å². The van der Waals surface area contributed by atoms with Crippen LogP contribution >= 0.6 is 23.2 Å². The van der Waals surface area contributed by atoms with Gasteiger partial charge in [0.1, 0.15) is 11.5 Å². The molecule has 0 aliphatic carbocycles. The van der Waals surface area contributed by atoms with Crippen molar-refractivity contribution in [2.45, 2.75) is 13.1 Å². The first kappa shape index (κ1) is 21.0. The fraction of sp³-hybridized carbons (Fsp3) is 0.100. The molecule has 0 spiro atoms. The Labute approximate surface area is 173 Å². The molecule has 1 heterocycles. The number of nitrogens with one attached hydrogen (secondary N) is 1. The summed E-state index contributed by atoms with van der Waals surface area (Å²) in [5.41, 5.74) is 2.75. The number of carbonyl (C=O) groups excluding carboxylic acids is 1. The maximum Gasteiger partial charge on any atom is 0.417 e. The van der Waals surface area contributed by atoms with Gasteiger partial charge < -0.3 is 4.42 Å². The second-order valence-electron chi connectivity index (χ2n) is 6.06. The SMILES string of the molecule is Cc1ccc(C(=O)N/N=C\c2ccc(-c3ccc(Cl)c(C(F)(F)F)c3)o2)cc1Cl. The number of rotatable bonds is 4. The van der Waals surface area contributed by atoms with Crippen LogP contribution < -0.4 is 5.43 Å². The van der Waals surface area contributed by atoms with Gasteiger partial charge in [-0.15, -0.1) is 0 Å². The third-order valence-electron chi connectivity index (χ3n) is 3.97. The molecule has 4 nitrogen and oxygen atoms in total. The van der Waals surface area contributed by atoms with Gasteiger partial charge in [0.2, 0.25) is 0 Å².